The molecule has 61 heavy (non-hydrogen) atoms. The van der Waals surface area contributed by atoms with Crippen molar-refractivity contribution in [3.8, 4) is 11.1 Å². The van der Waals surface area contributed by atoms with E-state index in [1.54, 1.807) is 6.07 Å². The predicted octanol–water partition coefficient (Wildman–Crippen LogP) is 8.20. The maximum Gasteiger partial charge on any atom is 0.338 e. The Bertz CT molecular complexity index is 2590. The number of rotatable bonds is 17. The number of hydrogen-bond donors (Lipinski definition) is 3. The van der Waals surface area contributed by atoms with Crippen molar-refractivity contribution in [1.82, 2.24) is 19.8 Å². The summed E-state index contributed by atoms with van der Waals surface area (Å²) in [6.07, 6.45) is 1.77. The number of fused-ring (bicyclic) bond motifs is 1. The molecule has 1 atom stereocenters. The second kappa shape index (κ2) is 19.3. The largest absolute Gasteiger partial charge is 0.478 e. The molecule has 1 aliphatic rings. The molecule has 0 spiro atoms. The van der Waals surface area contributed by atoms with Crippen molar-refractivity contribution in [3.63, 3.8) is 0 Å². The number of sulfonamides is 1. The monoisotopic (exact) mass is 880 g/mol. The molecule has 0 aliphatic carbocycles. The van der Waals surface area contributed by atoms with Gasteiger partial charge in [0.05, 0.1) is 20.9 Å². The minimum Gasteiger partial charge on any atom is -0.478 e. The molecule has 2 heterocycles. The zero-order valence-corrected chi connectivity index (χ0v) is 36.0. The highest BCUT2D eigenvalue weighted by Gasteiger charge is 2.30. The zero-order valence-electron chi connectivity index (χ0n) is 33.6. The van der Waals surface area contributed by atoms with E-state index in [0.717, 1.165) is 61.0 Å². The predicted molar refractivity (Wildman–Crippen MR) is 243 cm³/mol. The van der Waals surface area contributed by atoms with Crippen molar-refractivity contribution < 1.29 is 23.2 Å². The van der Waals surface area contributed by atoms with Crippen molar-refractivity contribution in [2.75, 3.05) is 67.5 Å². The summed E-state index contributed by atoms with van der Waals surface area (Å²) in [6, 6.07) is 32.7. The summed E-state index contributed by atoms with van der Waals surface area (Å²) >= 11 is 7.66. The summed E-state index contributed by atoms with van der Waals surface area (Å²) in [7, 11) is -0.792. The quantitative estimate of drug-likeness (QED) is 0.0455. The second-order valence-corrected chi connectivity index (χ2v) is 18.2. The van der Waals surface area contributed by atoms with E-state index in [-0.39, 0.29) is 11.5 Å². The van der Waals surface area contributed by atoms with Gasteiger partial charge in [-0.25, -0.2) is 23.2 Å². The first-order valence-corrected chi connectivity index (χ1v) is 22.4. The lowest BCUT2D eigenvalue weighted by Gasteiger charge is -2.36. The van der Waals surface area contributed by atoms with Crippen molar-refractivity contribution in [3.05, 3.63) is 142 Å². The molecule has 0 amide bonds. The van der Waals surface area contributed by atoms with Gasteiger partial charge < -0.3 is 20.2 Å². The Morgan fingerprint density at radius 2 is 1.67 bits per heavy atom. The Morgan fingerprint density at radius 3 is 2.38 bits per heavy atom. The van der Waals surface area contributed by atoms with E-state index in [2.05, 4.69) is 48.0 Å². The first-order valence-electron chi connectivity index (χ1n) is 19.6. The third kappa shape index (κ3) is 10.8. The number of aromatic carboxylic acids is 1. The summed E-state index contributed by atoms with van der Waals surface area (Å²) in [5, 5.41) is 27.0. The van der Waals surface area contributed by atoms with Crippen LogP contribution in [0.4, 0.5) is 22.9 Å². The van der Waals surface area contributed by atoms with Gasteiger partial charge in [-0.15, -0.1) is 11.8 Å². The van der Waals surface area contributed by atoms with Gasteiger partial charge in [0.1, 0.15) is 12.0 Å². The smallest absolute Gasteiger partial charge is 0.338 e. The summed E-state index contributed by atoms with van der Waals surface area (Å²) in [4.78, 5) is 40.0. The average molecular weight is 881 g/mol. The third-order valence-corrected chi connectivity index (χ3v) is 13.2. The molecule has 0 saturated carbocycles. The van der Waals surface area contributed by atoms with Crippen LogP contribution in [0.25, 0.3) is 22.0 Å². The fourth-order valence-electron chi connectivity index (χ4n) is 7.23. The van der Waals surface area contributed by atoms with E-state index < -0.39 is 43.1 Å². The van der Waals surface area contributed by atoms with E-state index in [1.165, 1.54) is 29.2 Å². The number of thioether (sulfide) groups is 1. The molecular formula is C44H45ClN8O6S2. The summed E-state index contributed by atoms with van der Waals surface area (Å²) in [5.41, 5.74) is 3.43. The maximum absolute atomic E-state index is 13.9. The standard InChI is InChI=1S/C44H45ClN8O6S2/c1-50(2)19-18-33(28-60-35-9-4-3-5-10-35)48-42-39(44(54)55)25-36(26-41(42)53(56)57)61(58,59)49-43-38-17-16-34(24-40(38)46-29-47-43)52-22-20-51(21-23-52)27-31-8-6-7-11-37(31)30-12-14-32(45)15-13-30/h3-17,24-26,29,33,48H,18-23,27-28H2,1-2H3,(H,54,55)(H,46,47,49)/t33-/m1/s1. The number of carboxylic acids is 1. The molecular weight excluding hydrogens is 836 g/mol. The molecule has 17 heteroatoms. The van der Waals surface area contributed by atoms with Crippen LogP contribution >= 0.6 is 23.4 Å². The molecule has 6 aromatic rings. The molecule has 3 N–H and O–H groups in total. The Balaban J connectivity index is 1.07. The van der Waals surface area contributed by atoms with Crippen molar-refractivity contribution >= 4 is 73.1 Å². The van der Waals surface area contributed by atoms with Gasteiger partial charge in [0.15, 0.2) is 5.82 Å². The number of nitrogens with one attached hydrogen (secondary N) is 2. The number of nitrogens with zero attached hydrogens (tertiary/aromatic N) is 6. The average Bonchev–Trinajstić information content (AvgIpc) is 3.25. The van der Waals surface area contributed by atoms with E-state index >= 15 is 0 Å². The Kier molecular flexibility index (Phi) is 13.7. The van der Waals surface area contributed by atoms with Crippen LogP contribution in [0.15, 0.2) is 125 Å². The Morgan fingerprint density at radius 1 is 0.951 bits per heavy atom. The van der Waals surface area contributed by atoms with E-state index in [0.29, 0.717) is 34.6 Å². The van der Waals surface area contributed by atoms with Crippen LogP contribution < -0.4 is 14.9 Å². The van der Waals surface area contributed by atoms with Crippen molar-refractivity contribution in [2.45, 2.75) is 28.8 Å². The molecule has 0 unspecified atom stereocenters. The molecule has 0 bridgehead atoms. The molecule has 1 aromatic heterocycles. The number of hydrogen-bond acceptors (Lipinski definition) is 12. The third-order valence-electron chi connectivity index (χ3n) is 10.5. The number of carbonyl (C=O) groups is 1. The number of aromatic nitrogens is 2. The Hall–Kier alpha value is -5.78. The lowest BCUT2D eigenvalue weighted by Crippen LogP contribution is -2.46. The number of carboxylic acid groups (broad SMARTS) is 1. The fourth-order valence-corrected chi connectivity index (χ4v) is 9.43. The molecule has 0 radical (unpaired) electrons. The molecule has 1 saturated heterocycles. The van der Waals surface area contributed by atoms with E-state index in [1.807, 2.05) is 91.8 Å². The normalized spacial score (nSPS) is 13.9. The first kappa shape index (κ1) is 43.3. The van der Waals surface area contributed by atoms with Gasteiger partial charge in [0.2, 0.25) is 0 Å². The lowest BCUT2D eigenvalue weighted by atomic mass is 9.99. The van der Waals surface area contributed by atoms with Gasteiger partial charge in [-0.3, -0.25) is 19.7 Å². The summed E-state index contributed by atoms with van der Waals surface area (Å²) in [6.45, 7) is 4.58. The minimum absolute atomic E-state index is 0.0517. The summed E-state index contributed by atoms with van der Waals surface area (Å²) in [5.74, 6) is -1.10. The first-order chi connectivity index (χ1) is 29.3. The SMILES string of the molecule is CN(C)CC[C@H](CSc1ccccc1)Nc1c(C(=O)O)cc(S(=O)(=O)Nc2ncnc3cc(N4CCN(Cc5ccccc5-c5ccc(Cl)cc5)CC4)ccc23)cc1[N+](=O)[O-]. The van der Waals surface area contributed by atoms with Gasteiger partial charge in [-0.2, -0.15) is 0 Å². The topological polar surface area (TPSA) is 174 Å². The van der Waals surface area contributed by atoms with Gasteiger partial charge in [-0.1, -0.05) is 66.2 Å². The van der Waals surface area contributed by atoms with Crippen molar-refractivity contribution in [1.29, 1.82) is 0 Å². The van der Waals surface area contributed by atoms with Gasteiger partial charge >= 0.3 is 5.97 Å². The van der Waals surface area contributed by atoms with Crippen LogP contribution in [0.2, 0.25) is 5.02 Å². The van der Waals surface area contributed by atoms with Crippen LogP contribution in [-0.2, 0) is 16.6 Å². The number of piperazine rings is 1. The number of anilines is 3. The highest BCUT2D eigenvalue weighted by atomic mass is 35.5. The fraction of sp³-hybridized carbons (Fsp3) is 0.250. The summed E-state index contributed by atoms with van der Waals surface area (Å²) < 4.78 is 30.3. The minimum atomic E-state index is -4.58. The molecule has 316 valence electrons. The van der Waals surface area contributed by atoms with Gasteiger partial charge in [-0.05, 0) is 92.3 Å². The van der Waals surface area contributed by atoms with E-state index in [4.69, 9.17) is 11.6 Å². The number of halogens is 1. The van der Waals surface area contributed by atoms with Crippen LogP contribution in [0, 0.1) is 10.1 Å². The van der Waals surface area contributed by atoms with Crippen LogP contribution in [0.5, 0.6) is 0 Å². The number of nitro groups is 1. The van der Waals surface area contributed by atoms with Gasteiger partial charge in [0, 0.05) is 71.6 Å². The molecule has 1 aliphatic heterocycles. The molecule has 7 rings (SSSR count). The van der Waals surface area contributed by atoms with Crippen molar-refractivity contribution in [2.24, 2.45) is 0 Å². The maximum atomic E-state index is 13.9. The molecule has 1 fully saturated rings. The molecule has 14 nitrogen and oxygen atoms in total. The van der Waals surface area contributed by atoms with Crippen LogP contribution in [-0.4, -0.2) is 103 Å². The van der Waals surface area contributed by atoms with Crippen LogP contribution in [0.1, 0.15) is 22.3 Å². The zero-order chi connectivity index (χ0) is 43.1. The van der Waals surface area contributed by atoms with Crippen LogP contribution in [0.3, 0.4) is 0 Å². The highest BCUT2D eigenvalue weighted by molar-refractivity contribution is 7.99. The lowest BCUT2D eigenvalue weighted by molar-refractivity contribution is -0.384. The number of benzene rings is 5. The van der Waals surface area contributed by atoms with Gasteiger partial charge in [0.25, 0.3) is 15.7 Å². The second-order valence-electron chi connectivity index (χ2n) is 14.9. The molecule has 5 aromatic carbocycles. The van der Waals surface area contributed by atoms with E-state index in [9.17, 15) is 28.4 Å². The number of nitro benzene ring substituents is 1. The Labute approximate surface area is 363 Å². The highest BCUT2D eigenvalue weighted by Crippen LogP contribution is 2.36.